The van der Waals surface area contributed by atoms with E-state index in [0.717, 1.165) is 16.7 Å². The summed E-state index contributed by atoms with van der Waals surface area (Å²) >= 11 is 0. The summed E-state index contributed by atoms with van der Waals surface area (Å²) in [7, 11) is -2.37. The van der Waals surface area contributed by atoms with Crippen LogP contribution in [0.15, 0.2) is 97.1 Å². The molecule has 3 aromatic rings. The molecule has 1 aliphatic heterocycles. The van der Waals surface area contributed by atoms with E-state index in [-0.39, 0.29) is 10.9 Å². The van der Waals surface area contributed by atoms with Crippen molar-refractivity contribution in [3.05, 3.63) is 114 Å². The fourth-order valence-electron chi connectivity index (χ4n) is 3.90. The molecule has 1 fully saturated rings. The molecule has 4 nitrogen and oxygen atoms in total. The third-order valence-electron chi connectivity index (χ3n) is 6.93. The quantitative estimate of drug-likeness (QED) is 0.333. The first-order chi connectivity index (χ1) is 16.6. The summed E-state index contributed by atoms with van der Waals surface area (Å²) in [5.74, 6) is -1.43. The second kappa shape index (κ2) is 9.94. The molecule has 0 unspecified atom stereocenters. The van der Waals surface area contributed by atoms with Gasteiger partial charge in [-0.05, 0) is 40.9 Å². The highest BCUT2D eigenvalue weighted by Gasteiger charge is 2.56. The number of carbonyl (C=O) groups is 1. The van der Waals surface area contributed by atoms with E-state index in [1.54, 1.807) is 4.90 Å². The number of ether oxygens (including phenoxy) is 1. The fourth-order valence-corrected chi connectivity index (χ4v) is 5.16. The summed E-state index contributed by atoms with van der Waals surface area (Å²) in [6.07, 6.45) is 3.17. The molecule has 35 heavy (non-hydrogen) atoms. The SMILES string of the molecule is CC(C)(C)[Si](C)(C)O[C@]1(/C=C/c2ccccc2)O[C@@H](c2ccccc2)C(=O)N1Cc1ccccc1. The maximum absolute atomic E-state index is 14.0. The zero-order valence-corrected chi connectivity index (χ0v) is 22.3. The van der Waals surface area contributed by atoms with E-state index in [2.05, 4.69) is 33.9 Å². The van der Waals surface area contributed by atoms with Gasteiger partial charge in [-0.3, -0.25) is 9.69 Å². The Morgan fingerprint density at radius 3 is 2.03 bits per heavy atom. The average molecular weight is 486 g/mol. The first-order valence-electron chi connectivity index (χ1n) is 12.1. The van der Waals surface area contributed by atoms with Gasteiger partial charge in [0.2, 0.25) is 0 Å². The maximum atomic E-state index is 14.0. The van der Waals surface area contributed by atoms with Crippen LogP contribution in [0.2, 0.25) is 18.1 Å². The van der Waals surface area contributed by atoms with Gasteiger partial charge in [-0.25, -0.2) is 0 Å². The topological polar surface area (TPSA) is 38.8 Å². The van der Waals surface area contributed by atoms with Crippen molar-refractivity contribution in [2.45, 2.75) is 57.5 Å². The molecule has 1 heterocycles. The van der Waals surface area contributed by atoms with Crippen LogP contribution in [0.3, 0.4) is 0 Å². The normalized spacial score (nSPS) is 21.1. The van der Waals surface area contributed by atoms with Crippen molar-refractivity contribution in [2.24, 2.45) is 0 Å². The van der Waals surface area contributed by atoms with Crippen LogP contribution in [0.4, 0.5) is 0 Å². The number of hydrogen-bond acceptors (Lipinski definition) is 3. The highest BCUT2D eigenvalue weighted by atomic mass is 28.4. The van der Waals surface area contributed by atoms with Crippen molar-refractivity contribution in [1.82, 2.24) is 4.90 Å². The second-order valence-corrected chi connectivity index (χ2v) is 15.3. The van der Waals surface area contributed by atoms with Crippen LogP contribution in [-0.2, 0) is 20.5 Å². The molecule has 182 valence electrons. The number of carbonyl (C=O) groups excluding carboxylic acids is 1. The Morgan fingerprint density at radius 2 is 1.46 bits per heavy atom. The molecule has 1 saturated heterocycles. The molecule has 5 heteroatoms. The van der Waals surface area contributed by atoms with E-state index in [9.17, 15) is 4.79 Å². The predicted octanol–water partition coefficient (Wildman–Crippen LogP) is 7.18. The second-order valence-electron chi connectivity index (χ2n) is 10.6. The molecule has 0 aromatic heterocycles. The highest BCUT2D eigenvalue weighted by molar-refractivity contribution is 6.74. The first-order valence-corrected chi connectivity index (χ1v) is 15.0. The Labute approximate surface area is 210 Å². The number of benzene rings is 3. The first kappa shape index (κ1) is 25.1. The molecule has 0 N–H and O–H groups in total. The van der Waals surface area contributed by atoms with E-state index >= 15 is 0 Å². The summed E-state index contributed by atoms with van der Waals surface area (Å²) in [5, 5.41) is -0.0732. The lowest BCUT2D eigenvalue weighted by atomic mass is 10.1. The number of amides is 1. The standard InChI is InChI=1S/C30H35NO3Si/c1-29(2,3)35(4,5)34-30(22-21-24-15-9-6-10-16-24)31(23-25-17-11-7-12-18-25)28(32)27(33-30)26-19-13-8-14-20-26/h6-22,27H,23H2,1-5H3/b22-21+/t27-,30-/m0/s1. The summed E-state index contributed by atoms with van der Waals surface area (Å²) < 4.78 is 13.7. The van der Waals surface area contributed by atoms with Gasteiger partial charge in [-0.15, -0.1) is 0 Å². The molecule has 0 radical (unpaired) electrons. The van der Waals surface area contributed by atoms with Crippen LogP contribution in [-0.4, -0.2) is 25.0 Å². The zero-order valence-electron chi connectivity index (χ0n) is 21.3. The van der Waals surface area contributed by atoms with Gasteiger partial charge in [0.05, 0.1) is 6.54 Å². The van der Waals surface area contributed by atoms with E-state index in [0.29, 0.717) is 6.54 Å². The Bertz CT molecular complexity index is 1160. The Hall–Kier alpha value is -2.99. The molecule has 0 spiro atoms. The number of rotatable bonds is 7. The van der Waals surface area contributed by atoms with Crippen LogP contribution < -0.4 is 0 Å². The van der Waals surface area contributed by atoms with Crippen molar-refractivity contribution in [1.29, 1.82) is 0 Å². The molecule has 0 aliphatic carbocycles. The minimum absolute atomic E-state index is 0.0732. The Balaban J connectivity index is 1.84. The lowest BCUT2D eigenvalue weighted by molar-refractivity contribution is -0.210. The lowest BCUT2D eigenvalue weighted by Crippen LogP contribution is -2.56. The Kier molecular flexibility index (Phi) is 7.13. The molecule has 3 aromatic carbocycles. The number of hydrogen-bond donors (Lipinski definition) is 0. The van der Waals surface area contributed by atoms with Crippen LogP contribution in [0.1, 0.15) is 43.6 Å². The molecule has 4 rings (SSSR count). The van der Waals surface area contributed by atoms with Crippen LogP contribution >= 0.6 is 0 Å². The van der Waals surface area contributed by atoms with Gasteiger partial charge < -0.3 is 9.16 Å². The molecule has 0 bridgehead atoms. The minimum atomic E-state index is -2.37. The van der Waals surface area contributed by atoms with Crippen molar-refractivity contribution in [3.8, 4) is 0 Å². The third kappa shape index (κ3) is 5.48. The van der Waals surface area contributed by atoms with Gasteiger partial charge >= 0.3 is 0 Å². The molecule has 1 amide bonds. The minimum Gasteiger partial charge on any atom is -0.371 e. The number of nitrogens with zero attached hydrogens (tertiary/aromatic N) is 1. The maximum Gasteiger partial charge on any atom is 0.267 e. The monoisotopic (exact) mass is 485 g/mol. The van der Waals surface area contributed by atoms with Crippen molar-refractivity contribution in [2.75, 3.05) is 0 Å². The van der Waals surface area contributed by atoms with Crippen molar-refractivity contribution >= 4 is 20.3 Å². The molecular formula is C30H35NO3Si. The summed E-state index contributed by atoms with van der Waals surface area (Å²) in [4.78, 5) is 15.7. The lowest BCUT2D eigenvalue weighted by Gasteiger charge is -2.45. The highest BCUT2D eigenvalue weighted by Crippen LogP contribution is 2.46. The van der Waals surface area contributed by atoms with Gasteiger partial charge in [0.25, 0.3) is 11.8 Å². The summed E-state index contributed by atoms with van der Waals surface area (Å²) in [5.41, 5.74) is 2.86. The van der Waals surface area contributed by atoms with Crippen molar-refractivity contribution < 1.29 is 14.0 Å². The molecular weight excluding hydrogens is 450 g/mol. The fraction of sp³-hybridized carbons (Fsp3) is 0.300. The van der Waals surface area contributed by atoms with Gasteiger partial charge in [-0.2, -0.15) is 0 Å². The third-order valence-corrected chi connectivity index (χ3v) is 11.3. The van der Waals surface area contributed by atoms with Gasteiger partial charge in [0, 0.05) is 0 Å². The van der Waals surface area contributed by atoms with Crippen LogP contribution in [0.5, 0.6) is 0 Å². The molecule has 1 aliphatic rings. The van der Waals surface area contributed by atoms with Crippen molar-refractivity contribution in [3.63, 3.8) is 0 Å². The van der Waals surface area contributed by atoms with E-state index in [1.807, 2.05) is 103 Å². The summed E-state index contributed by atoms with van der Waals surface area (Å²) in [6, 6.07) is 29.7. The largest absolute Gasteiger partial charge is 0.371 e. The van der Waals surface area contributed by atoms with Gasteiger partial charge in [0.15, 0.2) is 14.4 Å². The molecule has 0 saturated carbocycles. The predicted molar refractivity (Wildman–Crippen MR) is 144 cm³/mol. The van der Waals surface area contributed by atoms with E-state index in [4.69, 9.17) is 9.16 Å². The molecule has 2 atom stereocenters. The van der Waals surface area contributed by atoms with Crippen LogP contribution in [0, 0.1) is 0 Å². The van der Waals surface area contributed by atoms with E-state index < -0.39 is 20.3 Å². The average Bonchev–Trinajstić information content (AvgIpc) is 3.10. The van der Waals surface area contributed by atoms with Crippen LogP contribution in [0.25, 0.3) is 6.08 Å². The zero-order chi connectivity index (χ0) is 25.1. The summed E-state index contributed by atoms with van der Waals surface area (Å²) in [6.45, 7) is 11.4. The van der Waals surface area contributed by atoms with E-state index in [1.165, 1.54) is 0 Å². The van der Waals surface area contributed by atoms with Gasteiger partial charge in [0.1, 0.15) is 0 Å². The Morgan fingerprint density at radius 1 is 0.914 bits per heavy atom. The van der Waals surface area contributed by atoms with Gasteiger partial charge in [-0.1, -0.05) is 118 Å². The smallest absolute Gasteiger partial charge is 0.267 e.